The number of thioether (sulfide) groups is 1. The summed E-state index contributed by atoms with van der Waals surface area (Å²) in [5.74, 6) is 0.999. The number of furan rings is 1. The monoisotopic (exact) mass is 414 g/mol. The molecule has 0 aliphatic carbocycles. The minimum atomic E-state index is -0.206. The summed E-state index contributed by atoms with van der Waals surface area (Å²) in [6, 6.07) is 18.3. The highest BCUT2D eigenvalue weighted by molar-refractivity contribution is 8.18. The summed E-state index contributed by atoms with van der Waals surface area (Å²) in [7, 11) is 0. The van der Waals surface area contributed by atoms with Gasteiger partial charge in [-0.1, -0.05) is 41.4 Å². The molecule has 1 aromatic heterocycles. The van der Waals surface area contributed by atoms with E-state index in [2.05, 4.69) is 10.3 Å². The number of benzene rings is 2. The van der Waals surface area contributed by atoms with Gasteiger partial charge in [0.25, 0.3) is 5.91 Å². The number of carbonyl (C=O) groups excluding carboxylic acids is 1. The second-order valence-electron chi connectivity index (χ2n) is 5.65. The Kier molecular flexibility index (Phi) is 5.07. The fraction of sp³-hybridized carbons (Fsp3) is 0. The molecule has 1 saturated heterocycles. The Morgan fingerprint density at radius 2 is 1.81 bits per heavy atom. The van der Waals surface area contributed by atoms with Crippen LogP contribution in [0, 0.1) is 0 Å². The molecule has 0 bridgehead atoms. The van der Waals surface area contributed by atoms with Gasteiger partial charge in [0, 0.05) is 11.6 Å². The fourth-order valence-electron chi connectivity index (χ4n) is 2.46. The van der Waals surface area contributed by atoms with Gasteiger partial charge in [0.1, 0.15) is 11.5 Å². The lowest BCUT2D eigenvalue weighted by atomic mass is 10.2. The molecule has 1 aliphatic rings. The van der Waals surface area contributed by atoms with Crippen LogP contribution in [-0.4, -0.2) is 11.1 Å². The van der Waals surface area contributed by atoms with Crippen LogP contribution in [0.1, 0.15) is 5.76 Å². The summed E-state index contributed by atoms with van der Waals surface area (Å²) in [5, 5.41) is 4.23. The van der Waals surface area contributed by atoms with Gasteiger partial charge in [0.15, 0.2) is 5.17 Å². The van der Waals surface area contributed by atoms with E-state index in [1.165, 1.54) is 11.8 Å². The number of hydrogen-bond donors (Lipinski definition) is 1. The van der Waals surface area contributed by atoms with E-state index < -0.39 is 0 Å². The molecule has 0 saturated carbocycles. The number of nitrogens with zero attached hydrogens (tertiary/aromatic N) is 1. The van der Waals surface area contributed by atoms with E-state index in [9.17, 15) is 4.79 Å². The zero-order valence-corrected chi connectivity index (χ0v) is 16.1. The quantitative estimate of drug-likeness (QED) is 0.523. The van der Waals surface area contributed by atoms with E-state index in [-0.39, 0.29) is 5.91 Å². The summed E-state index contributed by atoms with van der Waals surface area (Å²) in [6.45, 7) is 0. The number of amides is 1. The van der Waals surface area contributed by atoms with Crippen molar-refractivity contribution in [1.29, 1.82) is 0 Å². The Hall–Kier alpha value is -2.47. The lowest BCUT2D eigenvalue weighted by Crippen LogP contribution is -2.19. The van der Waals surface area contributed by atoms with E-state index in [0.29, 0.717) is 31.6 Å². The smallest absolute Gasteiger partial charge is 0.264 e. The molecule has 134 valence electrons. The molecule has 0 spiro atoms. The maximum Gasteiger partial charge on any atom is 0.264 e. The third-order valence-electron chi connectivity index (χ3n) is 3.74. The number of amidine groups is 1. The number of carbonyl (C=O) groups is 1. The molecule has 0 radical (unpaired) electrons. The second-order valence-corrected chi connectivity index (χ2v) is 7.49. The van der Waals surface area contributed by atoms with Crippen LogP contribution in [0.15, 0.2) is 75.0 Å². The van der Waals surface area contributed by atoms with Crippen LogP contribution in [0.2, 0.25) is 10.0 Å². The standard InChI is InChI=1S/C20H12Cl2N2O2S/c21-15-8-6-12(10-16(15)22)17-9-7-14(26-17)11-18-19(25)24-20(27-18)23-13-4-2-1-3-5-13/h1-11H,(H,23,24,25)/b18-11+. The topological polar surface area (TPSA) is 54.6 Å². The van der Waals surface area contributed by atoms with Gasteiger partial charge in [0.2, 0.25) is 0 Å². The van der Waals surface area contributed by atoms with Gasteiger partial charge in [-0.05, 0) is 54.2 Å². The molecule has 2 aromatic carbocycles. The summed E-state index contributed by atoms with van der Waals surface area (Å²) in [6.07, 6.45) is 1.69. The molecule has 0 unspecified atom stereocenters. The largest absolute Gasteiger partial charge is 0.457 e. The lowest BCUT2D eigenvalue weighted by molar-refractivity contribution is -0.115. The van der Waals surface area contributed by atoms with E-state index in [4.69, 9.17) is 27.6 Å². The minimum absolute atomic E-state index is 0.206. The molecule has 27 heavy (non-hydrogen) atoms. The molecule has 0 atom stereocenters. The fourth-order valence-corrected chi connectivity index (χ4v) is 3.58. The van der Waals surface area contributed by atoms with Crippen molar-refractivity contribution >= 4 is 57.8 Å². The average Bonchev–Trinajstić information content (AvgIpc) is 3.26. The van der Waals surface area contributed by atoms with Crippen molar-refractivity contribution in [3.8, 4) is 11.3 Å². The highest BCUT2D eigenvalue weighted by atomic mass is 35.5. The third kappa shape index (κ3) is 4.11. The lowest BCUT2D eigenvalue weighted by Gasteiger charge is -1.99. The highest BCUT2D eigenvalue weighted by Gasteiger charge is 2.24. The Morgan fingerprint density at radius 3 is 2.59 bits per heavy atom. The second kappa shape index (κ2) is 7.64. The van der Waals surface area contributed by atoms with E-state index in [1.54, 1.807) is 24.3 Å². The summed E-state index contributed by atoms with van der Waals surface area (Å²) in [5.41, 5.74) is 1.59. The third-order valence-corrected chi connectivity index (χ3v) is 5.39. The molecule has 1 amide bonds. The van der Waals surface area contributed by atoms with Gasteiger partial charge in [-0.2, -0.15) is 0 Å². The highest BCUT2D eigenvalue weighted by Crippen LogP contribution is 2.32. The summed E-state index contributed by atoms with van der Waals surface area (Å²) >= 11 is 13.3. The molecule has 2 heterocycles. The van der Waals surface area contributed by atoms with Crippen molar-refractivity contribution in [3.63, 3.8) is 0 Å². The molecule has 1 aliphatic heterocycles. The minimum Gasteiger partial charge on any atom is -0.457 e. The number of nitrogens with one attached hydrogen (secondary N) is 1. The van der Waals surface area contributed by atoms with Gasteiger partial charge in [0.05, 0.1) is 20.6 Å². The van der Waals surface area contributed by atoms with Gasteiger partial charge in [-0.25, -0.2) is 4.99 Å². The van der Waals surface area contributed by atoms with Crippen molar-refractivity contribution < 1.29 is 9.21 Å². The first-order valence-electron chi connectivity index (χ1n) is 7.98. The maximum atomic E-state index is 12.2. The van der Waals surface area contributed by atoms with E-state index in [1.807, 2.05) is 42.5 Å². The van der Waals surface area contributed by atoms with Crippen LogP contribution in [0.5, 0.6) is 0 Å². The molecule has 1 N–H and O–H groups in total. The van der Waals surface area contributed by atoms with Crippen molar-refractivity contribution in [1.82, 2.24) is 5.32 Å². The maximum absolute atomic E-state index is 12.2. The molecule has 3 aromatic rings. The molecule has 4 nitrogen and oxygen atoms in total. The van der Waals surface area contributed by atoms with Crippen molar-refractivity contribution in [2.75, 3.05) is 0 Å². The zero-order chi connectivity index (χ0) is 18.8. The van der Waals surface area contributed by atoms with Crippen LogP contribution in [-0.2, 0) is 4.79 Å². The summed E-state index contributed by atoms with van der Waals surface area (Å²) in [4.78, 5) is 17.1. The number of aliphatic imine (C=N–C) groups is 1. The first-order valence-corrected chi connectivity index (χ1v) is 9.55. The van der Waals surface area contributed by atoms with E-state index >= 15 is 0 Å². The Bertz CT molecular complexity index is 1070. The van der Waals surface area contributed by atoms with Gasteiger partial charge >= 0.3 is 0 Å². The van der Waals surface area contributed by atoms with Crippen molar-refractivity contribution in [2.45, 2.75) is 0 Å². The molecule has 1 fully saturated rings. The zero-order valence-electron chi connectivity index (χ0n) is 13.8. The molecular weight excluding hydrogens is 403 g/mol. The van der Waals surface area contributed by atoms with Crippen molar-refractivity contribution in [3.05, 3.63) is 81.4 Å². The first kappa shape index (κ1) is 17.9. The van der Waals surface area contributed by atoms with Gasteiger partial charge in [-0.15, -0.1) is 0 Å². The molecular formula is C20H12Cl2N2O2S. The number of para-hydroxylation sites is 1. The van der Waals surface area contributed by atoms with Crippen LogP contribution in [0.4, 0.5) is 5.69 Å². The van der Waals surface area contributed by atoms with E-state index in [0.717, 1.165) is 11.3 Å². The normalized spacial score (nSPS) is 16.9. The Morgan fingerprint density at radius 1 is 1.00 bits per heavy atom. The Balaban J connectivity index is 1.55. The average molecular weight is 415 g/mol. The van der Waals surface area contributed by atoms with Crippen LogP contribution in [0.25, 0.3) is 17.4 Å². The van der Waals surface area contributed by atoms with Crippen LogP contribution >= 0.6 is 35.0 Å². The molecule has 4 rings (SSSR count). The van der Waals surface area contributed by atoms with Crippen LogP contribution < -0.4 is 5.32 Å². The van der Waals surface area contributed by atoms with Crippen LogP contribution in [0.3, 0.4) is 0 Å². The number of halogens is 2. The Labute approximate surface area is 169 Å². The SMILES string of the molecule is O=C1NC(=Nc2ccccc2)S/C1=C/c1ccc(-c2ccc(Cl)c(Cl)c2)o1. The van der Waals surface area contributed by atoms with Gasteiger partial charge < -0.3 is 9.73 Å². The predicted octanol–water partition coefficient (Wildman–Crippen LogP) is 6.15. The first-order chi connectivity index (χ1) is 13.1. The number of hydrogen-bond acceptors (Lipinski definition) is 4. The predicted molar refractivity (Wildman–Crippen MR) is 111 cm³/mol. The van der Waals surface area contributed by atoms with Gasteiger partial charge in [-0.3, -0.25) is 4.79 Å². The molecule has 7 heteroatoms. The summed E-state index contributed by atoms with van der Waals surface area (Å²) < 4.78 is 5.82. The van der Waals surface area contributed by atoms with Crippen molar-refractivity contribution in [2.24, 2.45) is 4.99 Å². The number of rotatable bonds is 3.